The number of benzene rings is 2. The highest BCUT2D eigenvalue weighted by atomic mass is 35.5. The number of carbonyl (C=O) groups is 1. The minimum absolute atomic E-state index is 0.0234. The third-order valence-corrected chi connectivity index (χ3v) is 4.97. The van der Waals surface area contributed by atoms with Gasteiger partial charge < -0.3 is 19.1 Å². The van der Waals surface area contributed by atoms with Crippen molar-refractivity contribution in [2.24, 2.45) is 0 Å². The number of fused-ring (bicyclic) bond motifs is 1. The molecule has 28 heavy (non-hydrogen) atoms. The molecule has 0 radical (unpaired) electrons. The summed E-state index contributed by atoms with van der Waals surface area (Å²) in [5.41, 5.74) is 2.21. The van der Waals surface area contributed by atoms with Gasteiger partial charge in [0.15, 0.2) is 11.5 Å². The molecule has 1 aliphatic rings. The van der Waals surface area contributed by atoms with Crippen molar-refractivity contribution in [3.8, 4) is 11.5 Å². The molecule has 0 N–H and O–H groups in total. The minimum Gasteiger partial charge on any atom is -0.493 e. The second-order valence-electron chi connectivity index (χ2n) is 6.31. The van der Waals surface area contributed by atoms with Gasteiger partial charge in [-0.15, -0.1) is 0 Å². The predicted octanol–water partition coefficient (Wildman–Crippen LogP) is 3.40. The van der Waals surface area contributed by atoms with Crippen LogP contribution in [0.2, 0.25) is 5.02 Å². The van der Waals surface area contributed by atoms with Gasteiger partial charge in [-0.3, -0.25) is 4.79 Å². The Morgan fingerprint density at radius 2 is 1.86 bits per heavy atom. The fourth-order valence-corrected chi connectivity index (χ4v) is 3.39. The van der Waals surface area contributed by atoms with E-state index in [9.17, 15) is 4.79 Å². The van der Waals surface area contributed by atoms with Crippen LogP contribution in [0.5, 0.6) is 11.5 Å². The van der Waals surface area contributed by atoms with Crippen LogP contribution in [0.25, 0.3) is 10.9 Å². The summed E-state index contributed by atoms with van der Waals surface area (Å²) in [5, 5.41) is 9.63. The van der Waals surface area contributed by atoms with E-state index in [0.717, 1.165) is 10.9 Å². The number of aromatic nitrogens is 2. The third kappa shape index (κ3) is 3.34. The highest BCUT2D eigenvalue weighted by Crippen LogP contribution is 2.37. The van der Waals surface area contributed by atoms with E-state index in [0.29, 0.717) is 34.3 Å². The van der Waals surface area contributed by atoms with Crippen molar-refractivity contribution in [1.82, 2.24) is 10.2 Å². The molecule has 0 aliphatic carbocycles. The van der Waals surface area contributed by atoms with Gasteiger partial charge in [-0.25, -0.2) is 0 Å². The molecule has 1 unspecified atom stereocenters. The second-order valence-corrected chi connectivity index (χ2v) is 6.75. The van der Waals surface area contributed by atoms with Crippen LogP contribution in [0, 0.1) is 0 Å². The number of nitrogens with zero attached hydrogens (tertiary/aromatic N) is 3. The van der Waals surface area contributed by atoms with Gasteiger partial charge in [-0.1, -0.05) is 23.7 Å². The molecule has 1 saturated heterocycles. The fraction of sp³-hybridized carbons (Fsp3) is 0.250. The van der Waals surface area contributed by atoms with Crippen molar-refractivity contribution in [2.45, 2.75) is 6.10 Å². The molecule has 1 fully saturated rings. The fourth-order valence-electron chi connectivity index (χ4n) is 3.27. The number of methoxy groups -OCH3 is 2. The summed E-state index contributed by atoms with van der Waals surface area (Å²) in [5.74, 6) is 0.960. The molecule has 1 atom stereocenters. The van der Waals surface area contributed by atoms with Crippen molar-refractivity contribution in [1.29, 1.82) is 0 Å². The first-order chi connectivity index (χ1) is 13.6. The summed E-state index contributed by atoms with van der Waals surface area (Å²) in [6.07, 6.45) is 1.31. The zero-order valence-electron chi connectivity index (χ0n) is 15.4. The normalized spacial score (nSPS) is 17.0. The Morgan fingerprint density at radius 3 is 2.57 bits per heavy atom. The van der Waals surface area contributed by atoms with Crippen molar-refractivity contribution >= 4 is 34.1 Å². The number of amides is 1. The molecule has 8 heteroatoms. The first-order valence-corrected chi connectivity index (χ1v) is 9.03. The second kappa shape index (κ2) is 7.61. The Balaban J connectivity index is 1.75. The van der Waals surface area contributed by atoms with Gasteiger partial charge in [0, 0.05) is 16.5 Å². The van der Waals surface area contributed by atoms with Gasteiger partial charge in [-0.05, 0) is 23.8 Å². The van der Waals surface area contributed by atoms with Gasteiger partial charge in [-0.2, -0.15) is 10.2 Å². The van der Waals surface area contributed by atoms with E-state index in [1.807, 2.05) is 24.3 Å². The molecule has 0 spiro atoms. The Kier molecular flexibility index (Phi) is 5.02. The third-order valence-electron chi connectivity index (χ3n) is 4.71. The lowest BCUT2D eigenvalue weighted by atomic mass is 10.1. The van der Waals surface area contributed by atoms with Crippen molar-refractivity contribution < 1.29 is 19.0 Å². The SMILES string of the molecule is COc1cc2nncc(N3CC(c4ccc(Cl)cc4)OCC3=O)c2cc1OC. The van der Waals surface area contributed by atoms with Gasteiger partial charge in [0.1, 0.15) is 12.7 Å². The Hall–Kier alpha value is -2.90. The molecule has 144 valence electrons. The predicted molar refractivity (Wildman–Crippen MR) is 105 cm³/mol. The molecule has 0 bridgehead atoms. The molecule has 4 rings (SSSR count). The van der Waals surface area contributed by atoms with Crippen LogP contribution in [-0.2, 0) is 9.53 Å². The maximum atomic E-state index is 12.6. The van der Waals surface area contributed by atoms with Crippen molar-refractivity contribution in [3.63, 3.8) is 0 Å². The smallest absolute Gasteiger partial charge is 0.253 e. The van der Waals surface area contributed by atoms with E-state index in [2.05, 4.69) is 10.2 Å². The van der Waals surface area contributed by atoms with Crippen LogP contribution in [0.1, 0.15) is 11.7 Å². The Labute approximate surface area is 166 Å². The van der Waals surface area contributed by atoms with Crippen LogP contribution in [-0.4, -0.2) is 43.5 Å². The molecule has 1 amide bonds. The lowest BCUT2D eigenvalue weighted by Gasteiger charge is -2.33. The van der Waals surface area contributed by atoms with Crippen LogP contribution >= 0.6 is 11.6 Å². The summed E-state index contributed by atoms with van der Waals surface area (Å²) in [7, 11) is 3.12. The van der Waals surface area contributed by atoms with E-state index < -0.39 is 0 Å². The summed E-state index contributed by atoms with van der Waals surface area (Å²) in [4.78, 5) is 14.3. The first kappa shape index (κ1) is 18.5. The number of ether oxygens (including phenoxy) is 3. The van der Waals surface area contributed by atoms with Crippen LogP contribution < -0.4 is 14.4 Å². The topological polar surface area (TPSA) is 73.8 Å². The zero-order valence-corrected chi connectivity index (χ0v) is 16.1. The van der Waals surface area contributed by atoms with E-state index >= 15 is 0 Å². The summed E-state index contributed by atoms with van der Waals surface area (Å²) >= 11 is 5.97. The summed E-state index contributed by atoms with van der Waals surface area (Å²) in [6.45, 7) is 0.333. The van der Waals surface area contributed by atoms with Crippen LogP contribution in [0.15, 0.2) is 42.6 Å². The first-order valence-electron chi connectivity index (χ1n) is 8.65. The number of carbonyl (C=O) groups excluding carboxylic acids is 1. The number of anilines is 1. The number of morpholine rings is 1. The lowest BCUT2D eigenvalue weighted by molar-refractivity contribution is -0.129. The molecule has 2 heterocycles. The number of hydrogen-bond donors (Lipinski definition) is 0. The van der Waals surface area contributed by atoms with Gasteiger partial charge in [0.2, 0.25) is 0 Å². The van der Waals surface area contributed by atoms with Crippen LogP contribution in [0.3, 0.4) is 0 Å². The molecule has 7 nitrogen and oxygen atoms in total. The standard InChI is InChI=1S/C20H18ClN3O4/c1-26-17-7-14-15(8-18(17)27-2)23-22-9-16(14)24-10-19(28-11-20(24)25)12-3-5-13(21)6-4-12/h3-9,19H,10-11H2,1-2H3. The molecule has 1 aromatic heterocycles. The van der Waals surface area contributed by atoms with Gasteiger partial charge >= 0.3 is 0 Å². The molecule has 1 aliphatic heterocycles. The van der Waals surface area contributed by atoms with Gasteiger partial charge in [0.05, 0.1) is 38.2 Å². The van der Waals surface area contributed by atoms with E-state index in [1.54, 1.807) is 37.4 Å². The molecule has 2 aromatic carbocycles. The maximum absolute atomic E-state index is 12.6. The van der Waals surface area contributed by atoms with Crippen LogP contribution in [0.4, 0.5) is 5.69 Å². The van der Waals surface area contributed by atoms with Crippen molar-refractivity contribution in [3.05, 3.63) is 53.2 Å². The number of hydrogen-bond acceptors (Lipinski definition) is 6. The van der Waals surface area contributed by atoms with Gasteiger partial charge in [0.25, 0.3) is 5.91 Å². The van der Waals surface area contributed by atoms with E-state index in [1.165, 1.54) is 0 Å². The number of halogens is 1. The van der Waals surface area contributed by atoms with Crippen molar-refractivity contribution in [2.75, 3.05) is 32.3 Å². The summed E-state index contributed by atoms with van der Waals surface area (Å²) < 4.78 is 16.5. The van der Waals surface area contributed by atoms with E-state index in [4.69, 9.17) is 25.8 Å². The largest absolute Gasteiger partial charge is 0.493 e. The zero-order chi connectivity index (χ0) is 19.7. The molecular weight excluding hydrogens is 382 g/mol. The van der Waals surface area contributed by atoms with E-state index in [-0.39, 0.29) is 18.6 Å². The Morgan fingerprint density at radius 1 is 1.14 bits per heavy atom. The average Bonchev–Trinajstić information content (AvgIpc) is 2.73. The highest BCUT2D eigenvalue weighted by Gasteiger charge is 2.30. The monoisotopic (exact) mass is 399 g/mol. The molecule has 0 saturated carbocycles. The highest BCUT2D eigenvalue weighted by molar-refractivity contribution is 6.30. The molecular formula is C20H18ClN3O4. The maximum Gasteiger partial charge on any atom is 0.253 e. The summed E-state index contributed by atoms with van der Waals surface area (Å²) in [6, 6.07) is 11.0. The average molecular weight is 400 g/mol. The number of rotatable bonds is 4. The quantitative estimate of drug-likeness (QED) is 0.669. The minimum atomic E-state index is -0.265. The lowest BCUT2D eigenvalue weighted by Crippen LogP contribution is -2.43. The Bertz CT molecular complexity index is 1030. The molecule has 3 aromatic rings.